The summed E-state index contributed by atoms with van der Waals surface area (Å²) in [6, 6.07) is 17.7. The molecule has 5 rings (SSSR count). The summed E-state index contributed by atoms with van der Waals surface area (Å²) in [6.45, 7) is 6.68. The van der Waals surface area contributed by atoms with Gasteiger partial charge in [0.1, 0.15) is 0 Å². The van der Waals surface area contributed by atoms with Gasteiger partial charge in [-0.3, -0.25) is 4.79 Å². The van der Waals surface area contributed by atoms with Gasteiger partial charge in [0, 0.05) is 23.8 Å². The number of benzene rings is 2. The normalized spacial score (nSPS) is 24.2. The Balaban J connectivity index is 1.67. The van der Waals surface area contributed by atoms with Crippen molar-refractivity contribution >= 4 is 5.91 Å². The van der Waals surface area contributed by atoms with Gasteiger partial charge in [-0.05, 0) is 34.6 Å². The van der Waals surface area contributed by atoms with Crippen LogP contribution in [0, 0.1) is 11.3 Å². The number of amides is 1. The standard InChI is InChI=1S/C22H25NO/c1-22(2,3)21(24)23-13-14-12-19-15-8-4-6-10-17(15)20(14)18-11-7-5-9-16(18)19/h4-11,14,19-20H,12-13H2,1-3H3,(H,23,24). The number of carbonyl (C=O) groups excluding carboxylic acids is 1. The van der Waals surface area contributed by atoms with Crippen molar-refractivity contribution in [3.05, 3.63) is 70.8 Å². The van der Waals surface area contributed by atoms with Gasteiger partial charge in [0.2, 0.25) is 5.91 Å². The summed E-state index contributed by atoms with van der Waals surface area (Å²) >= 11 is 0. The Bertz CT molecular complexity index is 739. The van der Waals surface area contributed by atoms with E-state index in [-0.39, 0.29) is 11.3 Å². The van der Waals surface area contributed by atoms with Gasteiger partial charge in [0.15, 0.2) is 0 Å². The zero-order valence-corrected chi connectivity index (χ0v) is 14.7. The van der Waals surface area contributed by atoms with Crippen molar-refractivity contribution in [2.45, 2.75) is 39.0 Å². The van der Waals surface area contributed by atoms with Crippen LogP contribution in [0.5, 0.6) is 0 Å². The van der Waals surface area contributed by atoms with E-state index in [9.17, 15) is 4.79 Å². The van der Waals surface area contributed by atoms with Gasteiger partial charge in [0.05, 0.1) is 0 Å². The van der Waals surface area contributed by atoms with Crippen LogP contribution in [0.3, 0.4) is 0 Å². The Kier molecular flexibility index (Phi) is 3.52. The molecule has 3 aliphatic carbocycles. The highest BCUT2D eigenvalue weighted by Gasteiger charge is 2.43. The second-order valence-corrected chi connectivity index (χ2v) is 8.24. The number of carbonyl (C=O) groups is 1. The fraction of sp³-hybridized carbons (Fsp3) is 0.409. The van der Waals surface area contributed by atoms with Crippen LogP contribution < -0.4 is 5.32 Å². The maximum absolute atomic E-state index is 12.3. The average Bonchev–Trinajstić information content (AvgIpc) is 2.59. The van der Waals surface area contributed by atoms with Crippen molar-refractivity contribution < 1.29 is 4.79 Å². The van der Waals surface area contributed by atoms with Crippen LogP contribution in [0.15, 0.2) is 48.5 Å². The zero-order chi connectivity index (χ0) is 16.9. The summed E-state index contributed by atoms with van der Waals surface area (Å²) in [5.74, 6) is 1.50. The Labute approximate surface area is 144 Å². The van der Waals surface area contributed by atoms with E-state index >= 15 is 0 Å². The molecule has 3 aliphatic rings. The topological polar surface area (TPSA) is 29.1 Å². The number of hydrogen-bond acceptors (Lipinski definition) is 1. The molecule has 1 amide bonds. The predicted molar refractivity (Wildman–Crippen MR) is 97.1 cm³/mol. The van der Waals surface area contributed by atoms with E-state index in [1.54, 1.807) is 0 Å². The van der Waals surface area contributed by atoms with Gasteiger partial charge in [-0.2, -0.15) is 0 Å². The Morgan fingerprint density at radius 2 is 1.46 bits per heavy atom. The lowest BCUT2D eigenvalue weighted by Gasteiger charge is -2.45. The minimum absolute atomic E-state index is 0.144. The first kappa shape index (κ1) is 15.4. The number of nitrogens with one attached hydrogen (secondary N) is 1. The molecule has 2 aromatic rings. The average molecular weight is 319 g/mol. The van der Waals surface area contributed by atoms with Crippen molar-refractivity contribution in [3.63, 3.8) is 0 Å². The predicted octanol–water partition coefficient (Wildman–Crippen LogP) is 4.45. The van der Waals surface area contributed by atoms with Crippen LogP contribution in [-0.4, -0.2) is 12.5 Å². The molecule has 1 atom stereocenters. The molecule has 0 radical (unpaired) electrons. The summed E-state index contributed by atoms with van der Waals surface area (Å²) in [7, 11) is 0. The van der Waals surface area contributed by atoms with E-state index in [1.165, 1.54) is 22.3 Å². The van der Waals surface area contributed by atoms with E-state index in [2.05, 4.69) is 53.8 Å². The number of rotatable bonds is 2. The zero-order valence-electron chi connectivity index (χ0n) is 14.7. The lowest BCUT2D eigenvalue weighted by atomic mass is 9.59. The fourth-order valence-electron chi connectivity index (χ4n) is 4.45. The highest BCUT2D eigenvalue weighted by molar-refractivity contribution is 5.81. The molecule has 2 nitrogen and oxygen atoms in total. The smallest absolute Gasteiger partial charge is 0.225 e. The molecule has 2 heteroatoms. The largest absolute Gasteiger partial charge is 0.355 e. The molecule has 2 bridgehead atoms. The summed E-state index contributed by atoms with van der Waals surface area (Å²) in [5, 5.41) is 3.20. The van der Waals surface area contributed by atoms with Gasteiger partial charge in [-0.15, -0.1) is 0 Å². The molecular weight excluding hydrogens is 294 g/mol. The highest BCUT2D eigenvalue weighted by Crippen LogP contribution is 2.55. The molecule has 0 fully saturated rings. The quantitative estimate of drug-likeness (QED) is 0.871. The Morgan fingerprint density at radius 3 is 1.96 bits per heavy atom. The first-order valence-corrected chi connectivity index (χ1v) is 8.93. The van der Waals surface area contributed by atoms with E-state index in [4.69, 9.17) is 0 Å². The van der Waals surface area contributed by atoms with Gasteiger partial charge in [0.25, 0.3) is 0 Å². The minimum atomic E-state index is -0.330. The molecular formula is C22H25NO. The maximum Gasteiger partial charge on any atom is 0.225 e. The van der Waals surface area contributed by atoms with Crippen LogP contribution in [0.4, 0.5) is 0 Å². The number of fused-ring (bicyclic) bond motifs is 1. The van der Waals surface area contributed by atoms with E-state index in [0.29, 0.717) is 17.8 Å². The van der Waals surface area contributed by atoms with Crippen molar-refractivity contribution in [1.29, 1.82) is 0 Å². The highest BCUT2D eigenvalue weighted by atomic mass is 16.2. The van der Waals surface area contributed by atoms with Crippen LogP contribution >= 0.6 is 0 Å². The molecule has 0 saturated heterocycles. The Hall–Kier alpha value is -2.09. The van der Waals surface area contributed by atoms with E-state index < -0.39 is 0 Å². The first-order chi connectivity index (χ1) is 11.5. The Morgan fingerprint density at radius 1 is 0.958 bits per heavy atom. The molecule has 2 aromatic carbocycles. The molecule has 1 unspecified atom stereocenters. The van der Waals surface area contributed by atoms with Gasteiger partial charge >= 0.3 is 0 Å². The lowest BCUT2D eigenvalue weighted by molar-refractivity contribution is -0.128. The summed E-state index contributed by atoms with van der Waals surface area (Å²) < 4.78 is 0. The number of hydrogen-bond donors (Lipinski definition) is 1. The first-order valence-electron chi connectivity index (χ1n) is 8.93. The third-order valence-corrected chi connectivity index (χ3v) is 5.63. The molecule has 24 heavy (non-hydrogen) atoms. The third kappa shape index (κ3) is 2.36. The summed E-state index contributed by atoms with van der Waals surface area (Å²) in [4.78, 5) is 12.3. The SMILES string of the molecule is CC(C)(C)C(=O)NCC1CC2c3ccccc3C1c1ccccc12. The molecule has 0 spiro atoms. The van der Waals surface area contributed by atoms with Crippen molar-refractivity contribution in [2.24, 2.45) is 11.3 Å². The van der Waals surface area contributed by atoms with E-state index in [0.717, 1.165) is 13.0 Å². The van der Waals surface area contributed by atoms with Crippen molar-refractivity contribution in [2.75, 3.05) is 6.54 Å². The lowest BCUT2D eigenvalue weighted by Crippen LogP contribution is -2.42. The van der Waals surface area contributed by atoms with Crippen molar-refractivity contribution in [1.82, 2.24) is 5.32 Å². The van der Waals surface area contributed by atoms with Gasteiger partial charge in [-0.1, -0.05) is 69.3 Å². The van der Waals surface area contributed by atoms with Crippen LogP contribution in [-0.2, 0) is 4.79 Å². The molecule has 0 heterocycles. The second-order valence-electron chi connectivity index (χ2n) is 8.24. The minimum Gasteiger partial charge on any atom is -0.355 e. The van der Waals surface area contributed by atoms with Crippen LogP contribution in [0.2, 0.25) is 0 Å². The monoisotopic (exact) mass is 319 g/mol. The van der Waals surface area contributed by atoms with Crippen molar-refractivity contribution in [3.8, 4) is 0 Å². The fourth-order valence-corrected chi connectivity index (χ4v) is 4.45. The summed E-state index contributed by atoms with van der Waals surface area (Å²) in [5.41, 5.74) is 5.56. The second kappa shape index (κ2) is 5.47. The van der Waals surface area contributed by atoms with Crippen LogP contribution in [0.1, 0.15) is 61.3 Å². The van der Waals surface area contributed by atoms with Gasteiger partial charge < -0.3 is 5.32 Å². The molecule has 0 aliphatic heterocycles. The van der Waals surface area contributed by atoms with E-state index in [1.807, 2.05) is 20.8 Å². The van der Waals surface area contributed by atoms with Crippen LogP contribution in [0.25, 0.3) is 0 Å². The summed E-state index contributed by atoms with van der Waals surface area (Å²) in [6.07, 6.45) is 1.13. The third-order valence-electron chi connectivity index (χ3n) is 5.63. The molecule has 0 saturated carbocycles. The molecule has 0 aromatic heterocycles. The maximum atomic E-state index is 12.3. The van der Waals surface area contributed by atoms with Gasteiger partial charge in [-0.25, -0.2) is 0 Å². The molecule has 124 valence electrons. The molecule has 1 N–H and O–H groups in total.